The first kappa shape index (κ1) is 16.8. The molecule has 0 atom stereocenters. The molecule has 2 saturated heterocycles. The summed E-state index contributed by atoms with van der Waals surface area (Å²) in [6, 6.07) is 0. The van der Waals surface area contributed by atoms with Crippen LogP contribution in [0.25, 0.3) is 0 Å². The van der Waals surface area contributed by atoms with Gasteiger partial charge in [-0.1, -0.05) is 27.7 Å². The van der Waals surface area contributed by atoms with Crippen LogP contribution in [0.3, 0.4) is 0 Å². The number of carbonyl (C=O) groups excluding carboxylic acids is 1. The lowest BCUT2D eigenvalue weighted by molar-refractivity contribution is -0.171. The van der Waals surface area contributed by atoms with Crippen LogP contribution in [-0.4, -0.2) is 60.6 Å². The molecule has 0 radical (unpaired) electrons. The summed E-state index contributed by atoms with van der Waals surface area (Å²) in [4.78, 5) is 16.4. The fraction of sp³-hybridized carbons (Fsp3) is 0.941. The fourth-order valence-corrected chi connectivity index (χ4v) is 3.24. The number of likely N-dealkylation sites (tertiary alicyclic amines) is 1. The van der Waals surface area contributed by atoms with Crippen molar-refractivity contribution in [3.63, 3.8) is 0 Å². The van der Waals surface area contributed by atoms with Crippen LogP contribution < -0.4 is 0 Å². The number of morpholine rings is 1. The number of rotatable bonds is 4. The molecule has 4 nitrogen and oxygen atoms in total. The maximum atomic E-state index is 11.9. The number of piperidine rings is 1. The topological polar surface area (TPSA) is 32.8 Å². The molecule has 0 unspecified atom stereocenters. The summed E-state index contributed by atoms with van der Waals surface area (Å²) >= 11 is 0. The zero-order valence-corrected chi connectivity index (χ0v) is 14.3. The summed E-state index contributed by atoms with van der Waals surface area (Å²) in [6.45, 7) is 14.4. The molecule has 1 spiro atoms. The Morgan fingerprint density at radius 3 is 2.43 bits per heavy atom. The second-order valence-electron chi connectivity index (χ2n) is 7.94. The Hall–Kier alpha value is -0.610. The Balaban J connectivity index is 1.83. The van der Waals surface area contributed by atoms with Gasteiger partial charge in [-0.25, -0.2) is 0 Å². The van der Waals surface area contributed by atoms with Gasteiger partial charge in [-0.05, 0) is 37.6 Å². The van der Waals surface area contributed by atoms with Crippen molar-refractivity contribution in [3.05, 3.63) is 0 Å². The summed E-state index contributed by atoms with van der Waals surface area (Å²) in [5, 5.41) is 0. The highest BCUT2D eigenvalue weighted by Gasteiger charge is 2.41. The first-order valence-corrected chi connectivity index (χ1v) is 8.48. The summed E-state index contributed by atoms with van der Waals surface area (Å²) in [5.41, 5.74) is 0.335. The quantitative estimate of drug-likeness (QED) is 0.799. The predicted molar refractivity (Wildman–Crippen MR) is 85.3 cm³/mol. The van der Waals surface area contributed by atoms with Crippen molar-refractivity contribution < 1.29 is 9.53 Å². The van der Waals surface area contributed by atoms with Crippen LogP contribution in [0.5, 0.6) is 0 Å². The molecule has 1 amide bonds. The highest BCUT2D eigenvalue weighted by molar-refractivity contribution is 5.78. The number of ether oxygens (including phenoxy) is 1. The van der Waals surface area contributed by atoms with Gasteiger partial charge in [-0.2, -0.15) is 0 Å². The van der Waals surface area contributed by atoms with Gasteiger partial charge in [0.1, 0.15) is 6.61 Å². The molecule has 0 bridgehead atoms. The minimum atomic E-state index is -0.0681. The second-order valence-corrected chi connectivity index (χ2v) is 7.94. The minimum absolute atomic E-state index is 0.0681. The zero-order chi connectivity index (χ0) is 15.5. The minimum Gasteiger partial charge on any atom is -0.363 e. The molecular weight excluding hydrogens is 264 g/mol. The van der Waals surface area contributed by atoms with Gasteiger partial charge in [-0.3, -0.25) is 4.79 Å². The van der Waals surface area contributed by atoms with Gasteiger partial charge in [0, 0.05) is 26.2 Å². The lowest BCUT2D eigenvalue weighted by Gasteiger charge is -2.47. The van der Waals surface area contributed by atoms with E-state index in [9.17, 15) is 4.79 Å². The molecule has 122 valence electrons. The van der Waals surface area contributed by atoms with E-state index < -0.39 is 0 Å². The van der Waals surface area contributed by atoms with E-state index in [0.717, 1.165) is 45.4 Å². The van der Waals surface area contributed by atoms with Gasteiger partial charge in [0.05, 0.1) is 5.60 Å². The molecule has 21 heavy (non-hydrogen) atoms. The van der Waals surface area contributed by atoms with Crippen molar-refractivity contribution in [2.24, 2.45) is 5.41 Å². The molecule has 2 heterocycles. The number of carbonyl (C=O) groups is 1. The molecule has 0 aromatic heterocycles. The number of hydrogen-bond acceptors (Lipinski definition) is 3. The Morgan fingerprint density at radius 1 is 1.19 bits per heavy atom. The van der Waals surface area contributed by atoms with Crippen LogP contribution in [0, 0.1) is 5.41 Å². The van der Waals surface area contributed by atoms with E-state index in [0.29, 0.717) is 5.41 Å². The molecule has 2 rings (SSSR count). The maximum absolute atomic E-state index is 11.9. The monoisotopic (exact) mass is 296 g/mol. The SMILES string of the molecule is CCCN1CC2(CCN(CCC(C)(C)C)CC2)OCC1=O. The van der Waals surface area contributed by atoms with E-state index in [4.69, 9.17) is 4.74 Å². The third-order valence-corrected chi connectivity index (χ3v) is 4.77. The van der Waals surface area contributed by atoms with E-state index in [1.54, 1.807) is 0 Å². The Kier molecular flexibility index (Phi) is 5.31. The maximum Gasteiger partial charge on any atom is 0.248 e. The summed E-state index contributed by atoms with van der Waals surface area (Å²) in [6.07, 6.45) is 4.39. The van der Waals surface area contributed by atoms with E-state index in [2.05, 4.69) is 32.6 Å². The number of hydrogen-bond donors (Lipinski definition) is 0. The van der Waals surface area contributed by atoms with Crippen LogP contribution in [0.15, 0.2) is 0 Å². The average Bonchev–Trinajstić information content (AvgIpc) is 2.42. The van der Waals surface area contributed by atoms with E-state index in [1.807, 2.05) is 4.90 Å². The van der Waals surface area contributed by atoms with Crippen LogP contribution >= 0.6 is 0 Å². The lowest BCUT2D eigenvalue weighted by Crippen LogP contribution is -2.58. The molecule has 0 saturated carbocycles. The Labute approximate surface area is 129 Å². The van der Waals surface area contributed by atoms with Crippen molar-refractivity contribution in [1.29, 1.82) is 0 Å². The second kappa shape index (κ2) is 6.66. The van der Waals surface area contributed by atoms with E-state index >= 15 is 0 Å². The molecule has 2 aliphatic heterocycles. The molecule has 2 aliphatic rings. The summed E-state index contributed by atoms with van der Waals surface area (Å²) < 4.78 is 5.97. The Morgan fingerprint density at radius 2 is 1.86 bits per heavy atom. The molecular formula is C17H32N2O2. The number of amides is 1. The van der Waals surface area contributed by atoms with Gasteiger partial charge < -0.3 is 14.5 Å². The largest absolute Gasteiger partial charge is 0.363 e. The fourth-order valence-electron chi connectivity index (χ4n) is 3.24. The molecule has 0 N–H and O–H groups in total. The average molecular weight is 296 g/mol. The molecule has 2 fully saturated rings. The van der Waals surface area contributed by atoms with Crippen molar-refractivity contribution in [1.82, 2.24) is 9.80 Å². The van der Waals surface area contributed by atoms with Crippen LogP contribution in [0.1, 0.15) is 53.4 Å². The lowest BCUT2D eigenvalue weighted by atomic mass is 9.87. The first-order chi connectivity index (χ1) is 9.84. The molecule has 0 aromatic rings. The molecule has 0 aliphatic carbocycles. The highest BCUT2D eigenvalue weighted by Crippen LogP contribution is 2.31. The van der Waals surface area contributed by atoms with Crippen molar-refractivity contribution in [2.45, 2.75) is 59.0 Å². The van der Waals surface area contributed by atoms with Crippen LogP contribution in [0.4, 0.5) is 0 Å². The number of nitrogens with zero attached hydrogens (tertiary/aromatic N) is 2. The van der Waals surface area contributed by atoms with E-state index in [1.165, 1.54) is 13.0 Å². The van der Waals surface area contributed by atoms with Crippen LogP contribution in [0.2, 0.25) is 0 Å². The van der Waals surface area contributed by atoms with Crippen LogP contribution in [-0.2, 0) is 9.53 Å². The standard InChI is InChI=1S/C17H32N2O2/c1-5-9-19-14-17(21-13-15(19)20)7-11-18(12-8-17)10-6-16(2,3)4/h5-14H2,1-4H3. The molecule has 4 heteroatoms. The van der Waals surface area contributed by atoms with Gasteiger partial charge in [0.25, 0.3) is 0 Å². The third-order valence-electron chi connectivity index (χ3n) is 4.77. The summed E-state index contributed by atoms with van der Waals surface area (Å²) in [5.74, 6) is 0.164. The highest BCUT2D eigenvalue weighted by atomic mass is 16.5. The Bertz CT molecular complexity index is 354. The van der Waals surface area contributed by atoms with Gasteiger partial charge in [0.2, 0.25) is 5.91 Å². The van der Waals surface area contributed by atoms with E-state index in [-0.39, 0.29) is 18.1 Å². The van der Waals surface area contributed by atoms with Crippen molar-refractivity contribution in [2.75, 3.05) is 39.3 Å². The molecule has 0 aromatic carbocycles. The van der Waals surface area contributed by atoms with Crippen molar-refractivity contribution >= 4 is 5.91 Å². The first-order valence-electron chi connectivity index (χ1n) is 8.48. The van der Waals surface area contributed by atoms with Gasteiger partial charge in [0.15, 0.2) is 0 Å². The van der Waals surface area contributed by atoms with Gasteiger partial charge >= 0.3 is 0 Å². The zero-order valence-electron chi connectivity index (χ0n) is 14.3. The van der Waals surface area contributed by atoms with Gasteiger partial charge in [-0.15, -0.1) is 0 Å². The summed E-state index contributed by atoms with van der Waals surface area (Å²) in [7, 11) is 0. The normalized spacial score (nSPS) is 23.8. The van der Waals surface area contributed by atoms with Crippen molar-refractivity contribution in [3.8, 4) is 0 Å². The third kappa shape index (κ3) is 4.68. The predicted octanol–water partition coefficient (Wildman–Crippen LogP) is 2.53. The smallest absolute Gasteiger partial charge is 0.248 e.